The SMILES string of the molecule is Cc1cc(-c2cc(CCC(C)(C(=O)NO)S(C)(=O)=O)no2)ccc1OC(F)F. The van der Waals surface area contributed by atoms with Gasteiger partial charge in [-0.1, -0.05) is 5.16 Å². The summed E-state index contributed by atoms with van der Waals surface area (Å²) in [7, 11) is -3.82. The Kier molecular flexibility index (Phi) is 6.40. The molecule has 2 aromatic rings. The standard InChI is InChI=1S/C17H20F2N2O6S/c1-10-8-11(4-5-13(10)26-16(18)19)14-9-12(21-27-14)6-7-17(2,15(22)20-23)28(3,24)25/h4-5,8-9,16,23H,6-7H2,1-3H3,(H,20,22). The van der Waals surface area contributed by atoms with Crippen LogP contribution in [0, 0.1) is 6.92 Å². The van der Waals surface area contributed by atoms with Crippen molar-refractivity contribution in [1.29, 1.82) is 0 Å². The number of halogens is 2. The van der Waals surface area contributed by atoms with Crippen LogP contribution in [0.15, 0.2) is 28.8 Å². The Labute approximate surface area is 160 Å². The van der Waals surface area contributed by atoms with Crippen LogP contribution in [0.25, 0.3) is 11.3 Å². The summed E-state index contributed by atoms with van der Waals surface area (Å²) in [5, 5.41) is 12.7. The first kappa shape index (κ1) is 21.8. The van der Waals surface area contributed by atoms with E-state index in [9.17, 15) is 22.0 Å². The zero-order valence-electron chi connectivity index (χ0n) is 15.4. The fourth-order valence-electron chi connectivity index (χ4n) is 2.55. The lowest BCUT2D eigenvalue weighted by Crippen LogP contribution is -2.49. The number of carbonyl (C=O) groups is 1. The van der Waals surface area contributed by atoms with Gasteiger partial charge in [-0.2, -0.15) is 8.78 Å². The fraction of sp³-hybridized carbons (Fsp3) is 0.412. The molecule has 0 saturated heterocycles. The number of hydrogen-bond donors (Lipinski definition) is 2. The molecule has 1 atom stereocenters. The molecule has 2 rings (SSSR count). The number of hydroxylamine groups is 1. The second kappa shape index (κ2) is 8.23. The maximum absolute atomic E-state index is 12.3. The van der Waals surface area contributed by atoms with E-state index in [4.69, 9.17) is 9.73 Å². The molecule has 0 radical (unpaired) electrons. The molecule has 8 nitrogen and oxygen atoms in total. The Morgan fingerprint density at radius 1 is 1.39 bits per heavy atom. The summed E-state index contributed by atoms with van der Waals surface area (Å²) in [6, 6.07) is 6.05. The van der Waals surface area contributed by atoms with Crippen LogP contribution in [-0.2, 0) is 21.1 Å². The molecule has 11 heteroatoms. The molecule has 1 aromatic carbocycles. The largest absolute Gasteiger partial charge is 0.435 e. The Balaban J connectivity index is 2.18. The normalized spacial score (nSPS) is 14.0. The van der Waals surface area contributed by atoms with Crippen LogP contribution in [-0.4, -0.2) is 42.3 Å². The van der Waals surface area contributed by atoms with E-state index in [2.05, 4.69) is 9.89 Å². The fourth-order valence-corrected chi connectivity index (χ4v) is 3.40. The monoisotopic (exact) mass is 418 g/mol. The maximum Gasteiger partial charge on any atom is 0.387 e. The smallest absolute Gasteiger partial charge is 0.387 e. The third-order valence-corrected chi connectivity index (χ3v) is 6.52. The summed E-state index contributed by atoms with van der Waals surface area (Å²) in [6.45, 7) is -0.120. The van der Waals surface area contributed by atoms with E-state index >= 15 is 0 Å². The quantitative estimate of drug-likeness (QED) is 0.499. The zero-order valence-corrected chi connectivity index (χ0v) is 16.2. The molecule has 0 fully saturated rings. The highest BCUT2D eigenvalue weighted by Crippen LogP contribution is 2.29. The van der Waals surface area contributed by atoms with Crippen LogP contribution < -0.4 is 10.2 Å². The minimum Gasteiger partial charge on any atom is -0.435 e. The van der Waals surface area contributed by atoms with Gasteiger partial charge in [-0.25, -0.2) is 13.9 Å². The van der Waals surface area contributed by atoms with E-state index in [0.29, 0.717) is 22.6 Å². The molecule has 2 N–H and O–H groups in total. The molecule has 1 heterocycles. The van der Waals surface area contributed by atoms with Crippen molar-refractivity contribution in [2.24, 2.45) is 0 Å². The third kappa shape index (κ3) is 4.65. The Morgan fingerprint density at radius 2 is 2.07 bits per heavy atom. The van der Waals surface area contributed by atoms with Crippen LogP contribution in [0.3, 0.4) is 0 Å². The number of hydrogen-bond acceptors (Lipinski definition) is 7. The second-order valence-electron chi connectivity index (χ2n) is 6.49. The van der Waals surface area contributed by atoms with Crippen LogP contribution in [0.2, 0.25) is 0 Å². The van der Waals surface area contributed by atoms with Crippen molar-refractivity contribution in [2.45, 2.75) is 38.0 Å². The molecule has 1 aromatic heterocycles. The molecular weight excluding hydrogens is 398 g/mol. The summed E-state index contributed by atoms with van der Waals surface area (Å²) in [6.07, 6.45) is 0.860. The van der Waals surface area contributed by atoms with Gasteiger partial charge in [0.1, 0.15) is 10.5 Å². The van der Waals surface area contributed by atoms with Crippen molar-refractivity contribution in [1.82, 2.24) is 10.6 Å². The summed E-state index contributed by atoms with van der Waals surface area (Å²) in [5.74, 6) is -0.657. The van der Waals surface area contributed by atoms with E-state index < -0.39 is 27.1 Å². The van der Waals surface area contributed by atoms with Crippen LogP contribution in [0.1, 0.15) is 24.6 Å². The number of nitrogens with zero attached hydrogens (tertiary/aromatic N) is 1. The molecular formula is C17H20F2N2O6S. The van der Waals surface area contributed by atoms with Crippen molar-refractivity contribution in [3.05, 3.63) is 35.5 Å². The molecule has 0 saturated carbocycles. The number of aromatic nitrogens is 1. The number of nitrogens with one attached hydrogen (secondary N) is 1. The summed E-state index contributed by atoms with van der Waals surface area (Å²) < 4.78 is 56.4. The molecule has 0 aliphatic rings. The molecule has 1 unspecified atom stereocenters. The molecule has 0 spiro atoms. The predicted molar refractivity (Wildman–Crippen MR) is 94.8 cm³/mol. The van der Waals surface area contributed by atoms with Gasteiger partial charge in [0, 0.05) is 17.9 Å². The Bertz CT molecular complexity index is 960. The van der Waals surface area contributed by atoms with Gasteiger partial charge in [-0.15, -0.1) is 0 Å². The Morgan fingerprint density at radius 3 is 2.61 bits per heavy atom. The van der Waals surface area contributed by atoms with Gasteiger partial charge >= 0.3 is 6.61 Å². The summed E-state index contributed by atoms with van der Waals surface area (Å²) in [5.41, 5.74) is 2.81. The molecule has 154 valence electrons. The first-order valence-electron chi connectivity index (χ1n) is 8.13. The summed E-state index contributed by atoms with van der Waals surface area (Å²) in [4.78, 5) is 11.8. The predicted octanol–water partition coefficient (Wildman–Crippen LogP) is 2.49. The zero-order chi connectivity index (χ0) is 21.1. The van der Waals surface area contributed by atoms with Crippen molar-refractivity contribution in [3.63, 3.8) is 0 Å². The highest BCUT2D eigenvalue weighted by molar-refractivity contribution is 7.92. The lowest BCUT2D eigenvalue weighted by molar-refractivity contribution is -0.131. The number of sulfone groups is 1. The van der Waals surface area contributed by atoms with Crippen molar-refractivity contribution in [3.8, 4) is 17.1 Å². The van der Waals surface area contributed by atoms with E-state index in [0.717, 1.165) is 6.26 Å². The van der Waals surface area contributed by atoms with Crippen LogP contribution >= 0.6 is 0 Å². The average Bonchev–Trinajstić information content (AvgIpc) is 3.08. The number of benzene rings is 1. The third-order valence-electron chi connectivity index (χ3n) is 4.49. The topological polar surface area (TPSA) is 119 Å². The highest BCUT2D eigenvalue weighted by Gasteiger charge is 2.43. The number of rotatable bonds is 8. The number of aryl methyl sites for hydroxylation is 2. The first-order chi connectivity index (χ1) is 13.0. The first-order valence-corrected chi connectivity index (χ1v) is 10.0. The van der Waals surface area contributed by atoms with E-state index in [-0.39, 0.29) is 18.6 Å². The van der Waals surface area contributed by atoms with Crippen molar-refractivity contribution < 1.29 is 36.5 Å². The van der Waals surface area contributed by atoms with Gasteiger partial charge < -0.3 is 9.26 Å². The number of carbonyl (C=O) groups excluding carboxylic acids is 1. The highest BCUT2D eigenvalue weighted by atomic mass is 32.2. The van der Waals surface area contributed by atoms with Crippen LogP contribution in [0.4, 0.5) is 8.78 Å². The molecule has 1 amide bonds. The van der Waals surface area contributed by atoms with E-state index in [1.54, 1.807) is 19.1 Å². The average molecular weight is 418 g/mol. The molecule has 0 bridgehead atoms. The van der Waals surface area contributed by atoms with Crippen molar-refractivity contribution >= 4 is 15.7 Å². The number of amides is 1. The number of alkyl halides is 2. The van der Waals surface area contributed by atoms with Gasteiger partial charge in [-0.3, -0.25) is 10.0 Å². The lowest BCUT2D eigenvalue weighted by atomic mass is 10.0. The van der Waals surface area contributed by atoms with Crippen molar-refractivity contribution in [2.75, 3.05) is 6.26 Å². The Hall–Kier alpha value is -2.53. The second-order valence-corrected chi connectivity index (χ2v) is 8.93. The van der Waals surface area contributed by atoms with Gasteiger partial charge in [0.25, 0.3) is 5.91 Å². The van der Waals surface area contributed by atoms with E-state index in [1.165, 1.54) is 24.5 Å². The molecule has 28 heavy (non-hydrogen) atoms. The molecule has 0 aliphatic heterocycles. The maximum atomic E-state index is 12.3. The van der Waals surface area contributed by atoms with E-state index in [1.807, 2.05) is 0 Å². The van der Waals surface area contributed by atoms with Crippen LogP contribution in [0.5, 0.6) is 5.75 Å². The minimum atomic E-state index is -3.82. The molecule has 0 aliphatic carbocycles. The summed E-state index contributed by atoms with van der Waals surface area (Å²) >= 11 is 0. The van der Waals surface area contributed by atoms with Gasteiger partial charge in [0.15, 0.2) is 15.6 Å². The lowest BCUT2D eigenvalue weighted by Gasteiger charge is -2.24. The van der Waals surface area contributed by atoms with Gasteiger partial charge in [0.05, 0.1) is 5.69 Å². The number of ether oxygens (including phenoxy) is 1. The minimum absolute atomic E-state index is 0.0393. The van der Waals surface area contributed by atoms with Gasteiger partial charge in [0.2, 0.25) is 0 Å². The van der Waals surface area contributed by atoms with Gasteiger partial charge in [-0.05, 0) is 50.5 Å².